The second-order valence-electron chi connectivity index (χ2n) is 5.67. The highest BCUT2D eigenvalue weighted by molar-refractivity contribution is 4.89. The zero-order chi connectivity index (χ0) is 11.4. The van der Waals surface area contributed by atoms with Crippen molar-refractivity contribution in [3.8, 4) is 0 Å². The Morgan fingerprint density at radius 1 is 1.12 bits per heavy atom. The van der Waals surface area contributed by atoms with Gasteiger partial charge >= 0.3 is 0 Å². The minimum Gasteiger partial charge on any atom is -0.330 e. The van der Waals surface area contributed by atoms with Crippen LogP contribution in [0.15, 0.2) is 0 Å². The summed E-state index contributed by atoms with van der Waals surface area (Å²) in [4.78, 5) is 2.59. The molecule has 16 heavy (non-hydrogen) atoms. The molecule has 0 atom stereocenters. The van der Waals surface area contributed by atoms with Crippen molar-refractivity contribution >= 4 is 0 Å². The predicted octanol–water partition coefficient (Wildman–Crippen LogP) is 2.33. The Balaban J connectivity index is 1.84. The van der Waals surface area contributed by atoms with E-state index in [9.17, 15) is 4.39 Å². The fourth-order valence-corrected chi connectivity index (χ4v) is 3.20. The molecule has 2 aliphatic rings. The molecule has 2 nitrogen and oxygen atoms in total. The van der Waals surface area contributed by atoms with Crippen LogP contribution in [0.1, 0.15) is 44.9 Å². The minimum atomic E-state index is -0.234. The van der Waals surface area contributed by atoms with E-state index in [1.54, 1.807) is 0 Å². The van der Waals surface area contributed by atoms with E-state index in [0.29, 0.717) is 6.54 Å². The lowest BCUT2D eigenvalue weighted by atomic mass is 9.78. The van der Waals surface area contributed by atoms with Gasteiger partial charge in [0.1, 0.15) is 0 Å². The largest absolute Gasteiger partial charge is 0.330 e. The van der Waals surface area contributed by atoms with Crippen LogP contribution in [0.4, 0.5) is 4.39 Å². The number of hydrogen-bond acceptors (Lipinski definition) is 2. The molecule has 2 rings (SSSR count). The third-order valence-electron chi connectivity index (χ3n) is 4.67. The first-order valence-corrected chi connectivity index (χ1v) is 6.80. The predicted molar refractivity (Wildman–Crippen MR) is 65.1 cm³/mol. The summed E-state index contributed by atoms with van der Waals surface area (Å²) in [5.41, 5.74) is 5.52. The van der Waals surface area contributed by atoms with Gasteiger partial charge in [-0.2, -0.15) is 0 Å². The number of nitrogens with zero attached hydrogens (tertiary/aromatic N) is 1. The summed E-state index contributed by atoms with van der Waals surface area (Å²) in [6.45, 7) is 2.40. The number of nitrogens with two attached hydrogens (primary N) is 1. The van der Waals surface area contributed by atoms with Crippen LogP contribution in [-0.2, 0) is 0 Å². The van der Waals surface area contributed by atoms with Gasteiger partial charge in [-0.3, -0.25) is 4.39 Å². The highest BCUT2D eigenvalue weighted by atomic mass is 19.1. The first-order chi connectivity index (χ1) is 7.79. The van der Waals surface area contributed by atoms with Crippen molar-refractivity contribution in [1.82, 2.24) is 4.90 Å². The van der Waals surface area contributed by atoms with Gasteiger partial charge in [-0.1, -0.05) is 19.3 Å². The van der Waals surface area contributed by atoms with Crippen LogP contribution in [-0.4, -0.2) is 37.3 Å². The second kappa shape index (κ2) is 5.46. The summed E-state index contributed by atoms with van der Waals surface area (Å²) in [5.74, 6) is 0. The minimum absolute atomic E-state index is 0.189. The van der Waals surface area contributed by atoms with Gasteiger partial charge in [0.2, 0.25) is 0 Å². The average Bonchev–Trinajstić information content (AvgIpc) is 2.40. The molecule has 0 aromatic carbocycles. The van der Waals surface area contributed by atoms with E-state index in [0.717, 1.165) is 32.0 Å². The Morgan fingerprint density at radius 3 is 2.25 bits per heavy atom. The summed E-state index contributed by atoms with van der Waals surface area (Å²) in [5, 5.41) is 0. The molecule has 94 valence electrons. The highest BCUT2D eigenvalue weighted by Crippen LogP contribution is 2.34. The highest BCUT2D eigenvalue weighted by Gasteiger charge is 2.35. The van der Waals surface area contributed by atoms with Gasteiger partial charge in [0.05, 0.1) is 6.67 Å². The molecule has 0 aromatic rings. The summed E-state index contributed by atoms with van der Waals surface area (Å²) >= 11 is 0. The maximum atomic E-state index is 13.0. The van der Waals surface area contributed by atoms with Gasteiger partial charge in [-0.05, 0) is 38.8 Å². The molecule has 3 heteroatoms. The van der Waals surface area contributed by atoms with Crippen LogP contribution in [0.25, 0.3) is 0 Å². The summed E-state index contributed by atoms with van der Waals surface area (Å²) in [6.07, 6.45) is 8.78. The molecular weight excluding hydrogens is 203 g/mol. The van der Waals surface area contributed by atoms with Gasteiger partial charge in [-0.25, -0.2) is 0 Å². The van der Waals surface area contributed by atoms with Crippen molar-refractivity contribution in [2.24, 2.45) is 11.1 Å². The van der Waals surface area contributed by atoms with E-state index in [2.05, 4.69) is 4.90 Å². The molecule has 1 saturated carbocycles. The Labute approximate surface area is 98.4 Å². The maximum absolute atomic E-state index is 13.0. The Morgan fingerprint density at radius 2 is 1.75 bits per heavy atom. The standard InChI is InChI=1S/C13H25FN2/c14-10-13(11-15)6-8-16(9-7-13)12-4-2-1-3-5-12/h12H,1-11,15H2. The molecule has 1 heterocycles. The van der Waals surface area contributed by atoms with Crippen molar-refractivity contribution in [1.29, 1.82) is 0 Å². The maximum Gasteiger partial charge on any atom is 0.0963 e. The van der Waals surface area contributed by atoms with E-state index in [1.165, 1.54) is 32.1 Å². The van der Waals surface area contributed by atoms with Gasteiger partial charge in [0.15, 0.2) is 0 Å². The van der Waals surface area contributed by atoms with Crippen molar-refractivity contribution in [2.45, 2.75) is 51.0 Å². The molecule has 0 radical (unpaired) electrons. The fraction of sp³-hybridized carbons (Fsp3) is 1.00. The van der Waals surface area contributed by atoms with Crippen molar-refractivity contribution < 1.29 is 4.39 Å². The van der Waals surface area contributed by atoms with Crippen LogP contribution in [0.2, 0.25) is 0 Å². The van der Waals surface area contributed by atoms with Gasteiger partial charge in [-0.15, -0.1) is 0 Å². The first-order valence-electron chi connectivity index (χ1n) is 6.80. The van der Waals surface area contributed by atoms with Crippen LogP contribution >= 0.6 is 0 Å². The number of piperidine rings is 1. The lowest BCUT2D eigenvalue weighted by molar-refractivity contribution is 0.0475. The zero-order valence-corrected chi connectivity index (χ0v) is 10.3. The topological polar surface area (TPSA) is 29.3 Å². The SMILES string of the molecule is NCC1(CF)CCN(C2CCCCC2)CC1. The molecule has 0 amide bonds. The molecule has 0 bridgehead atoms. The van der Waals surface area contributed by atoms with Gasteiger partial charge in [0.25, 0.3) is 0 Å². The average molecular weight is 228 g/mol. The fourth-order valence-electron chi connectivity index (χ4n) is 3.20. The number of halogens is 1. The van der Waals surface area contributed by atoms with Crippen LogP contribution < -0.4 is 5.73 Å². The molecule has 0 spiro atoms. The van der Waals surface area contributed by atoms with E-state index in [1.807, 2.05) is 0 Å². The number of rotatable bonds is 3. The van der Waals surface area contributed by atoms with Crippen molar-refractivity contribution in [3.05, 3.63) is 0 Å². The molecule has 1 aliphatic carbocycles. The Kier molecular flexibility index (Phi) is 4.20. The van der Waals surface area contributed by atoms with Gasteiger partial charge < -0.3 is 10.6 Å². The summed E-state index contributed by atoms with van der Waals surface area (Å²) in [6, 6.07) is 0.782. The lowest BCUT2D eigenvalue weighted by Gasteiger charge is -2.43. The van der Waals surface area contributed by atoms with Crippen LogP contribution in [0.5, 0.6) is 0 Å². The third-order valence-corrected chi connectivity index (χ3v) is 4.67. The van der Waals surface area contributed by atoms with E-state index in [4.69, 9.17) is 5.73 Å². The smallest absolute Gasteiger partial charge is 0.0963 e. The Hall–Kier alpha value is -0.150. The molecule has 1 aliphatic heterocycles. The van der Waals surface area contributed by atoms with Crippen molar-refractivity contribution in [2.75, 3.05) is 26.3 Å². The quantitative estimate of drug-likeness (QED) is 0.803. The normalized spacial score (nSPS) is 28.1. The summed E-state index contributed by atoms with van der Waals surface area (Å²) < 4.78 is 13.0. The van der Waals surface area contributed by atoms with Crippen LogP contribution in [0.3, 0.4) is 0 Å². The number of likely N-dealkylation sites (tertiary alicyclic amines) is 1. The molecule has 0 aromatic heterocycles. The first kappa shape index (κ1) is 12.3. The van der Waals surface area contributed by atoms with Crippen molar-refractivity contribution in [3.63, 3.8) is 0 Å². The molecule has 0 unspecified atom stereocenters. The second-order valence-corrected chi connectivity index (χ2v) is 5.67. The molecular formula is C13H25FN2. The Bertz CT molecular complexity index is 200. The van der Waals surface area contributed by atoms with E-state index >= 15 is 0 Å². The van der Waals surface area contributed by atoms with E-state index in [-0.39, 0.29) is 12.1 Å². The van der Waals surface area contributed by atoms with Crippen LogP contribution in [0, 0.1) is 5.41 Å². The molecule has 1 saturated heterocycles. The number of hydrogen-bond donors (Lipinski definition) is 1. The molecule has 2 fully saturated rings. The monoisotopic (exact) mass is 228 g/mol. The van der Waals surface area contributed by atoms with Gasteiger partial charge in [0, 0.05) is 18.0 Å². The number of alkyl halides is 1. The lowest BCUT2D eigenvalue weighted by Crippen LogP contribution is -2.49. The third kappa shape index (κ3) is 2.57. The molecule has 2 N–H and O–H groups in total. The van der Waals surface area contributed by atoms with E-state index < -0.39 is 0 Å². The zero-order valence-electron chi connectivity index (χ0n) is 10.3. The summed E-state index contributed by atoms with van der Waals surface area (Å²) in [7, 11) is 0.